The van der Waals surface area contributed by atoms with Crippen molar-refractivity contribution in [1.82, 2.24) is 29.7 Å². The Labute approximate surface area is 180 Å². The highest BCUT2D eigenvalue weighted by molar-refractivity contribution is 5.79. The van der Waals surface area contributed by atoms with Crippen LogP contribution in [0.3, 0.4) is 0 Å². The Morgan fingerprint density at radius 2 is 2.06 bits per heavy atom. The molecular weight excluding hydrogens is 393 g/mol. The van der Waals surface area contributed by atoms with Gasteiger partial charge in [0, 0.05) is 33.0 Å². The van der Waals surface area contributed by atoms with E-state index in [2.05, 4.69) is 25.3 Å². The van der Waals surface area contributed by atoms with Crippen LogP contribution in [0.1, 0.15) is 11.4 Å². The maximum absolute atomic E-state index is 14.5. The molecule has 0 aliphatic carbocycles. The molecule has 0 unspecified atom stereocenters. The summed E-state index contributed by atoms with van der Waals surface area (Å²) in [5.41, 5.74) is 3.35. The van der Waals surface area contributed by atoms with Gasteiger partial charge in [0.2, 0.25) is 0 Å². The van der Waals surface area contributed by atoms with Crippen molar-refractivity contribution in [3.63, 3.8) is 0 Å². The Morgan fingerprint density at radius 1 is 1.23 bits per heavy atom. The zero-order chi connectivity index (χ0) is 21.6. The monoisotopic (exact) mass is 417 g/mol. The number of aliphatic imine (C=N–C) groups is 1. The van der Waals surface area contributed by atoms with Crippen LogP contribution in [0, 0.1) is 5.82 Å². The first-order chi connectivity index (χ1) is 15.1. The van der Waals surface area contributed by atoms with E-state index in [1.807, 2.05) is 54.5 Å². The second kappa shape index (κ2) is 9.25. The van der Waals surface area contributed by atoms with E-state index in [-0.39, 0.29) is 5.82 Å². The van der Waals surface area contributed by atoms with Gasteiger partial charge in [-0.05, 0) is 23.3 Å². The zero-order valence-electron chi connectivity index (χ0n) is 17.5. The van der Waals surface area contributed by atoms with Crippen LogP contribution in [0.25, 0.3) is 16.9 Å². The molecule has 8 heteroatoms. The van der Waals surface area contributed by atoms with Crippen molar-refractivity contribution in [2.75, 3.05) is 14.1 Å². The van der Waals surface area contributed by atoms with Gasteiger partial charge in [-0.3, -0.25) is 4.99 Å². The van der Waals surface area contributed by atoms with E-state index in [1.165, 1.54) is 6.07 Å². The minimum Gasteiger partial charge on any atom is -0.352 e. The van der Waals surface area contributed by atoms with Crippen LogP contribution < -0.4 is 5.32 Å². The van der Waals surface area contributed by atoms with Gasteiger partial charge in [0.25, 0.3) is 0 Å². The summed E-state index contributed by atoms with van der Waals surface area (Å²) in [6, 6.07) is 15.2. The largest absolute Gasteiger partial charge is 0.352 e. The molecule has 0 saturated carbocycles. The number of aromatic amines is 1. The number of nitrogens with zero attached hydrogens (tertiary/aromatic N) is 5. The lowest BCUT2D eigenvalue weighted by Crippen LogP contribution is -2.38. The van der Waals surface area contributed by atoms with Crippen molar-refractivity contribution in [3.05, 3.63) is 90.7 Å². The van der Waals surface area contributed by atoms with Crippen LogP contribution in [-0.2, 0) is 13.1 Å². The fraction of sp³-hybridized carbons (Fsp3) is 0.174. The van der Waals surface area contributed by atoms with Crippen molar-refractivity contribution in [3.8, 4) is 16.9 Å². The number of aromatic nitrogens is 4. The Balaban J connectivity index is 1.37. The minimum absolute atomic E-state index is 0.301. The number of halogens is 1. The first-order valence-electron chi connectivity index (χ1n) is 9.92. The fourth-order valence-corrected chi connectivity index (χ4v) is 3.34. The number of hydrogen-bond acceptors (Lipinski definition) is 3. The first kappa shape index (κ1) is 20.3. The average molecular weight is 417 g/mol. The van der Waals surface area contributed by atoms with Crippen molar-refractivity contribution < 1.29 is 4.39 Å². The summed E-state index contributed by atoms with van der Waals surface area (Å²) in [6.07, 6.45) is 6.74. The van der Waals surface area contributed by atoms with Crippen molar-refractivity contribution in [1.29, 1.82) is 0 Å². The van der Waals surface area contributed by atoms with Crippen LogP contribution in [0.2, 0.25) is 0 Å². The Kier molecular flexibility index (Phi) is 6.07. The van der Waals surface area contributed by atoms with E-state index >= 15 is 0 Å². The van der Waals surface area contributed by atoms with Gasteiger partial charge in [-0.25, -0.2) is 14.4 Å². The smallest absolute Gasteiger partial charge is 0.194 e. The van der Waals surface area contributed by atoms with Crippen LogP contribution in [0.5, 0.6) is 0 Å². The van der Waals surface area contributed by atoms with E-state index in [4.69, 9.17) is 0 Å². The highest BCUT2D eigenvalue weighted by Gasteiger charge is 2.11. The zero-order valence-corrected chi connectivity index (χ0v) is 17.5. The predicted octanol–water partition coefficient (Wildman–Crippen LogP) is 3.61. The summed E-state index contributed by atoms with van der Waals surface area (Å²) in [4.78, 5) is 18.1. The standard InChI is InChI=1S/C23H24FN7/c1-25-23(28-13-17-8-9-21(19(24)12-17)31-11-10-26-16-31)30(2)15-22-27-14-20(29-22)18-6-4-3-5-7-18/h3-12,14,16H,13,15H2,1-2H3,(H,25,28)(H,27,29). The minimum atomic E-state index is -0.301. The van der Waals surface area contributed by atoms with Gasteiger partial charge in [-0.2, -0.15) is 0 Å². The molecule has 0 atom stereocenters. The Bertz CT molecular complexity index is 1150. The third-order valence-corrected chi connectivity index (χ3v) is 4.92. The molecule has 0 spiro atoms. The van der Waals surface area contributed by atoms with Crippen LogP contribution >= 0.6 is 0 Å². The molecule has 0 aliphatic heterocycles. The molecule has 0 amide bonds. The van der Waals surface area contributed by atoms with Crippen LogP contribution in [0.15, 0.2) is 78.4 Å². The molecule has 0 aliphatic rings. The van der Waals surface area contributed by atoms with E-state index in [0.717, 1.165) is 22.6 Å². The molecule has 158 valence electrons. The highest BCUT2D eigenvalue weighted by atomic mass is 19.1. The van der Waals surface area contributed by atoms with E-state index in [0.29, 0.717) is 24.7 Å². The second-order valence-electron chi connectivity index (χ2n) is 7.12. The highest BCUT2D eigenvalue weighted by Crippen LogP contribution is 2.17. The molecule has 0 fully saturated rings. The third-order valence-electron chi connectivity index (χ3n) is 4.92. The molecule has 4 aromatic rings. The predicted molar refractivity (Wildman–Crippen MR) is 119 cm³/mol. The Morgan fingerprint density at radius 3 is 2.77 bits per heavy atom. The topological polar surface area (TPSA) is 74.1 Å². The number of H-pyrrole nitrogens is 1. The number of guanidine groups is 1. The number of imidazole rings is 2. The average Bonchev–Trinajstić information content (AvgIpc) is 3.47. The summed E-state index contributed by atoms with van der Waals surface area (Å²) in [6.45, 7) is 1.01. The maximum Gasteiger partial charge on any atom is 0.194 e. The number of benzene rings is 2. The summed E-state index contributed by atoms with van der Waals surface area (Å²) in [7, 11) is 3.65. The van der Waals surface area contributed by atoms with Crippen LogP contribution in [-0.4, -0.2) is 44.5 Å². The van der Waals surface area contributed by atoms with E-state index < -0.39 is 0 Å². The van der Waals surface area contributed by atoms with Gasteiger partial charge in [-0.1, -0.05) is 36.4 Å². The van der Waals surface area contributed by atoms with Gasteiger partial charge in [0.1, 0.15) is 11.6 Å². The molecule has 0 bridgehead atoms. The molecule has 2 heterocycles. The fourth-order valence-electron chi connectivity index (χ4n) is 3.34. The summed E-state index contributed by atoms with van der Waals surface area (Å²) in [5.74, 6) is 1.22. The first-order valence-corrected chi connectivity index (χ1v) is 9.92. The SMILES string of the molecule is CN=C(NCc1ccc(-n2ccnc2)c(F)c1)N(C)Cc1ncc(-c2ccccc2)[nH]1. The number of rotatable bonds is 6. The van der Waals surface area contributed by atoms with Crippen molar-refractivity contribution >= 4 is 5.96 Å². The van der Waals surface area contributed by atoms with Gasteiger partial charge in [0.15, 0.2) is 5.96 Å². The molecule has 0 radical (unpaired) electrons. The lowest BCUT2D eigenvalue weighted by molar-refractivity contribution is 0.463. The van der Waals surface area contributed by atoms with E-state index in [1.54, 1.807) is 36.4 Å². The molecule has 31 heavy (non-hydrogen) atoms. The van der Waals surface area contributed by atoms with Gasteiger partial charge < -0.3 is 19.8 Å². The normalized spacial score (nSPS) is 11.5. The number of nitrogens with one attached hydrogen (secondary N) is 2. The molecule has 0 saturated heterocycles. The van der Waals surface area contributed by atoms with Gasteiger partial charge in [0.05, 0.1) is 30.5 Å². The second-order valence-corrected chi connectivity index (χ2v) is 7.12. The summed E-state index contributed by atoms with van der Waals surface area (Å²) >= 11 is 0. The van der Waals surface area contributed by atoms with Crippen molar-refractivity contribution in [2.24, 2.45) is 4.99 Å². The molecule has 2 N–H and O–H groups in total. The molecular formula is C23H24FN7. The Hall–Kier alpha value is -3.94. The molecule has 2 aromatic carbocycles. The summed E-state index contributed by atoms with van der Waals surface area (Å²) in [5, 5.41) is 3.27. The summed E-state index contributed by atoms with van der Waals surface area (Å²) < 4.78 is 16.1. The van der Waals surface area contributed by atoms with Gasteiger partial charge >= 0.3 is 0 Å². The lowest BCUT2D eigenvalue weighted by Gasteiger charge is -2.21. The third kappa shape index (κ3) is 4.80. The van der Waals surface area contributed by atoms with Crippen molar-refractivity contribution in [2.45, 2.75) is 13.1 Å². The molecule has 2 aromatic heterocycles. The maximum atomic E-state index is 14.5. The molecule has 7 nitrogen and oxygen atoms in total. The quantitative estimate of drug-likeness (QED) is 0.371. The van der Waals surface area contributed by atoms with Crippen LogP contribution in [0.4, 0.5) is 4.39 Å². The molecule has 4 rings (SSSR count). The van der Waals surface area contributed by atoms with Gasteiger partial charge in [-0.15, -0.1) is 0 Å². The number of hydrogen-bond donors (Lipinski definition) is 2. The lowest BCUT2D eigenvalue weighted by atomic mass is 10.2. The van der Waals surface area contributed by atoms with E-state index in [9.17, 15) is 4.39 Å².